The quantitative estimate of drug-likeness (QED) is 0.662. The number of hydrogen-bond acceptors (Lipinski definition) is 2. The van der Waals surface area contributed by atoms with E-state index in [4.69, 9.17) is 4.74 Å². The van der Waals surface area contributed by atoms with Crippen LogP contribution in [0.5, 0.6) is 0 Å². The van der Waals surface area contributed by atoms with Gasteiger partial charge in [-0.15, -0.1) is 0 Å². The van der Waals surface area contributed by atoms with Gasteiger partial charge in [-0.25, -0.2) is 0 Å². The van der Waals surface area contributed by atoms with Gasteiger partial charge in [-0.3, -0.25) is 0 Å². The maximum Gasteiger partial charge on any atom is 0.100 e. The summed E-state index contributed by atoms with van der Waals surface area (Å²) < 4.78 is 5.63. The largest absolute Gasteiger partial charge is 0.498 e. The summed E-state index contributed by atoms with van der Waals surface area (Å²) in [7, 11) is 4.21. The van der Waals surface area contributed by atoms with E-state index in [1.807, 2.05) is 0 Å². The summed E-state index contributed by atoms with van der Waals surface area (Å²) in [6, 6.07) is 0. The van der Waals surface area contributed by atoms with Crippen molar-refractivity contribution >= 4 is 0 Å². The molecule has 0 aliphatic heterocycles. The van der Waals surface area contributed by atoms with Gasteiger partial charge in [-0.2, -0.15) is 0 Å². The molecule has 0 saturated carbocycles. The van der Waals surface area contributed by atoms with Gasteiger partial charge >= 0.3 is 0 Å². The minimum absolute atomic E-state index is 0.620. The molecule has 0 aromatic rings. The molecule has 1 aliphatic rings. The molecule has 0 heterocycles. The van der Waals surface area contributed by atoms with E-state index < -0.39 is 0 Å². The first-order valence-corrected chi connectivity index (χ1v) is 5.08. The van der Waals surface area contributed by atoms with Crippen molar-refractivity contribution in [1.82, 2.24) is 4.90 Å². The van der Waals surface area contributed by atoms with Crippen LogP contribution in [0.25, 0.3) is 0 Å². The molecule has 76 valence electrons. The number of rotatable bonds is 4. The van der Waals surface area contributed by atoms with Crippen molar-refractivity contribution < 1.29 is 4.74 Å². The molecule has 0 amide bonds. The summed E-state index contributed by atoms with van der Waals surface area (Å²) in [5, 5.41) is 0. The highest BCUT2D eigenvalue weighted by molar-refractivity contribution is 5.28. The molecule has 0 spiro atoms. The van der Waals surface area contributed by atoms with Gasteiger partial charge in [0.25, 0.3) is 0 Å². The van der Waals surface area contributed by atoms with Crippen molar-refractivity contribution in [2.45, 2.75) is 20.8 Å². The standard InChI is InChI=1S/C11H21NO/c1-6-13-11-9(3)8(2)10(11)7-12(4)5/h8-9H,6-7H2,1-5H3/t8-,9+/m0/s1. The first-order chi connectivity index (χ1) is 6.07. The smallest absolute Gasteiger partial charge is 0.100 e. The molecule has 2 atom stereocenters. The van der Waals surface area contributed by atoms with Crippen molar-refractivity contribution in [2.24, 2.45) is 11.8 Å². The summed E-state index contributed by atoms with van der Waals surface area (Å²) in [6.07, 6.45) is 0. The molecule has 0 radical (unpaired) electrons. The SMILES string of the molecule is CCOC1=C(CN(C)C)[C@@H](C)[C@H]1C. The van der Waals surface area contributed by atoms with Gasteiger partial charge in [0.15, 0.2) is 0 Å². The van der Waals surface area contributed by atoms with E-state index in [9.17, 15) is 0 Å². The van der Waals surface area contributed by atoms with Crippen LogP contribution < -0.4 is 0 Å². The van der Waals surface area contributed by atoms with Crippen LogP contribution in [-0.2, 0) is 4.74 Å². The lowest BCUT2D eigenvalue weighted by Crippen LogP contribution is -2.34. The molecular formula is C11H21NO. The fourth-order valence-corrected chi connectivity index (χ4v) is 1.89. The third-order valence-electron chi connectivity index (χ3n) is 2.82. The Kier molecular flexibility index (Phi) is 3.37. The van der Waals surface area contributed by atoms with E-state index in [0.717, 1.165) is 13.2 Å². The molecule has 0 fully saturated rings. The van der Waals surface area contributed by atoms with Crippen molar-refractivity contribution in [1.29, 1.82) is 0 Å². The Morgan fingerprint density at radius 2 is 1.85 bits per heavy atom. The van der Waals surface area contributed by atoms with E-state index in [1.54, 1.807) is 0 Å². The number of allylic oxidation sites excluding steroid dienone is 1. The Labute approximate surface area is 81.6 Å². The zero-order valence-electron chi connectivity index (χ0n) is 9.42. The molecular weight excluding hydrogens is 162 g/mol. The van der Waals surface area contributed by atoms with Crippen LogP contribution in [0.15, 0.2) is 11.3 Å². The van der Waals surface area contributed by atoms with Gasteiger partial charge in [0.1, 0.15) is 5.76 Å². The zero-order chi connectivity index (χ0) is 10.0. The Hall–Kier alpha value is -0.500. The third kappa shape index (κ3) is 2.05. The summed E-state index contributed by atoms with van der Waals surface area (Å²) in [4.78, 5) is 2.21. The minimum atomic E-state index is 0.620. The van der Waals surface area contributed by atoms with E-state index in [1.165, 1.54) is 11.3 Å². The van der Waals surface area contributed by atoms with Crippen LogP contribution in [-0.4, -0.2) is 32.1 Å². The molecule has 0 saturated heterocycles. The molecule has 1 aliphatic carbocycles. The van der Waals surface area contributed by atoms with Gasteiger partial charge in [0.05, 0.1) is 6.61 Å². The van der Waals surface area contributed by atoms with Crippen LogP contribution in [0.1, 0.15) is 20.8 Å². The maximum atomic E-state index is 5.63. The summed E-state index contributed by atoms with van der Waals surface area (Å²) in [5.74, 6) is 2.56. The normalized spacial score (nSPS) is 27.8. The minimum Gasteiger partial charge on any atom is -0.498 e. The average molecular weight is 183 g/mol. The van der Waals surface area contributed by atoms with E-state index >= 15 is 0 Å². The third-order valence-corrected chi connectivity index (χ3v) is 2.82. The second-order valence-corrected chi connectivity index (χ2v) is 4.14. The molecule has 2 heteroatoms. The second kappa shape index (κ2) is 4.14. The fraction of sp³-hybridized carbons (Fsp3) is 0.818. The van der Waals surface area contributed by atoms with Crippen LogP contribution in [0.4, 0.5) is 0 Å². The first-order valence-electron chi connectivity index (χ1n) is 5.08. The maximum absolute atomic E-state index is 5.63. The highest BCUT2D eigenvalue weighted by Crippen LogP contribution is 2.40. The predicted molar refractivity (Wildman–Crippen MR) is 55.5 cm³/mol. The second-order valence-electron chi connectivity index (χ2n) is 4.14. The highest BCUT2D eigenvalue weighted by atomic mass is 16.5. The first kappa shape index (κ1) is 10.6. The molecule has 0 aromatic heterocycles. The summed E-state index contributed by atoms with van der Waals surface area (Å²) >= 11 is 0. The van der Waals surface area contributed by atoms with Crippen molar-refractivity contribution in [2.75, 3.05) is 27.2 Å². The van der Waals surface area contributed by atoms with Crippen molar-refractivity contribution in [3.8, 4) is 0 Å². The molecule has 2 nitrogen and oxygen atoms in total. The molecule has 0 aromatic carbocycles. The van der Waals surface area contributed by atoms with Crippen molar-refractivity contribution in [3.05, 3.63) is 11.3 Å². The number of hydrogen-bond donors (Lipinski definition) is 0. The van der Waals surface area contributed by atoms with Gasteiger partial charge in [0, 0.05) is 12.5 Å². The molecule has 13 heavy (non-hydrogen) atoms. The monoisotopic (exact) mass is 183 g/mol. The topological polar surface area (TPSA) is 12.5 Å². The number of likely N-dealkylation sites (N-methyl/N-ethyl adjacent to an activating group) is 1. The molecule has 0 unspecified atom stereocenters. The predicted octanol–water partition coefficient (Wildman–Crippen LogP) is 2.12. The molecule has 1 rings (SSSR count). The van der Waals surface area contributed by atoms with Gasteiger partial charge in [-0.05, 0) is 32.5 Å². The van der Waals surface area contributed by atoms with Gasteiger partial charge in [-0.1, -0.05) is 13.8 Å². The van der Waals surface area contributed by atoms with Crippen LogP contribution in [0.2, 0.25) is 0 Å². The van der Waals surface area contributed by atoms with Gasteiger partial charge < -0.3 is 9.64 Å². The number of nitrogens with zero attached hydrogens (tertiary/aromatic N) is 1. The van der Waals surface area contributed by atoms with Crippen LogP contribution >= 0.6 is 0 Å². The Morgan fingerprint density at radius 3 is 2.31 bits per heavy atom. The van der Waals surface area contributed by atoms with E-state index in [0.29, 0.717) is 11.8 Å². The Balaban J connectivity index is 2.65. The van der Waals surface area contributed by atoms with Crippen LogP contribution in [0.3, 0.4) is 0 Å². The van der Waals surface area contributed by atoms with E-state index in [-0.39, 0.29) is 0 Å². The highest BCUT2D eigenvalue weighted by Gasteiger charge is 2.35. The lowest BCUT2D eigenvalue weighted by molar-refractivity contribution is 0.136. The average Bonchev–Trinajstić information content (AvgIpc) is 2.10. The molecule has 0 N–H and O–H groups in total. The van der Waals surface area contributed by atoms with E-state index in [2.05, 4.69) is 39.8 Å². The summed E-state index contributed by atoms with van der Waals surface area (Å²) in [5.41, 5.74) is 1.49. The van der Waals surface area contributed by atoms with Crippen molar-refractivity contribution in [3.63, 3.8) is 0 Å². The number of ether oxygens (including phenoxy) is 1. The summed E-state index contributed by atoms with van der Waals surface area (Å²) in [6.45, 7) is 8.42. The fourth-order valence-electron chi connectivity index (χ4n) is 1.89. The molecule has 0 bridgehead atoms. The lowest BCUT2D eigenvalue weighted by Gasteiger charge is -2.38. The zero-order valence-corrected chi connectivity index (χ0v) is 9.42. The Bertz CT molecular complexity index is 208. The lowest BCUT2D eigenvalue weighted by atomic mass is 9.74. The van der Waals surface area contributed by atoms with Gasteiger partial charge in [0.2, 0.25) is 0 Å². The Morgan fingerprint density at radius 1 is 1.23 bits per heavy atom. The van der Waals surface area contributed by atoms with Crippen LogP contribution in [0, 0.1) is 11.8 Å².